The number of carboxylic acids is 1. The van der Waals surface area contributed by atoms with Gasteiger partial charge in [0.2, 0.25) is 5.71 Å². The van der Waals surface area contributed by atoms with Gasteiger partial charge in [0.1, 0.15) is 5.82 Å². The van der Waals surface area contributed by atoms with E-state index in [0.717, 1.165) is 0 Å². The van der Waals surface area contributed by atoms with Gasteiger partial charge in [-0.1, -0.05) is 6.58 Å². The summed E-state index contributed by atoms with van der Waals surface area (Å²) in [4.78, 5) is 21.9. The fraction of sp³-hybridized carbons (Fsp3) is 0.444. The maximum absolute atomic E-state index is 11.2. The average Bonchev–Trinajstić information content (AvgIpc) is 2.00. The topological polar surface area (TPSA) is 82.0 Å². The maximum Gasteiger partial charge on any atom is 0.362 e. The highest BCUT2D eigenvalue weighted by molar-refractivity contribution is 6.63. The lowest BCUT2D eigenvalue weighted by atomic mass is 10.1. The van der Waals surface area contributed by atoms with Gasteiger partial charge >= 0.3 is 5.97 Å². The molecule has 0 bridgehead atoms. The second kappa shape index (κ2) is 3.38. The zero-order valence-corrected chi connectivity index (χ0v) is 8.87. The Hall–Kier alpha value is -1.85. The molecule has 1 aliphatic rings. The molecular formula is C9H13N3O3. The summed E-state index contributed by atoms with van der Waals surface area (Å²) in [6.07, 6.45) is 0. The van der Waals surface area contributed by atoms with Crippen molar-refractivity contribution in [2.45, 2.75) is 26.3 Å². The quantitative estimate of drug-likeness (QED) is 0.645. The van der Waals surface area contributed by atoms with Crippen molar-refractivity contribution in [3.63, 3.8) is 0 Å². The van der Waals surface area contributed by atoms with Crippen molar-refractivity contribution in [3.05, 3.63) is 12.4 Å². The normalized spacial score (nSPS) is 17.3. The highest BCUT2D eigenvalue weighted by atomic mass is 16.4. The number of amides is 1. The molecule has 0 saturated heterocycles. The smallest absolute Gasteiger partial charge is 0.362 e. The van der Waals surface area contributed by atoms with Crippen LogP contribution in [0.25, 0.3) is 0 Å². The molecular weight excluding hydrogens is 198 g/mol. The second-order valence-electron chi connectivity index (χ2n) is 4.14. The summed E-state index contributed by atoms with van der Waals surface area (Å²) >= 11 is 0. The third kappa shape index (κ3) is 2.15. The maximum atomic E-state index is 11.2. The van der Waals surface area contributed by atoms with E-state index in [0.29, 0.717) is 0 Å². The van der Waals surface area contributed by atoms with Crippen LogP contribution in [-0.4, -0.2) is 33.2 Å². The van der Waals surface area contributed by atoms with Crippen molar-refractivity contribution in [3.8, 4) is 0 Å². The van der Waals surface area contributed by atoms with Gasteiger partial charge < -0.3 is 10.4 Å². The van der Waals surface area contributed by atoms with E-state index >= 15 is 0 Å². The van der Waals surface area contributed by atoms with Crippen LogP contribution in [0.3, 0.4) is 0 Å². The molecule has 0 aromatic heterocycles. The Balaban J connectivity index is 3.15. The molecule has 0 aromatic rings. The van der Waals surface area contributed by atoms with Gasteiger partial charge in [-0.05, 0) is 20.8 Å². The molecule has 1 rings (SSSR count). The number of aliphatic carboxylic acids is 1. The van der Waals surface area contributed by atoms with Gasteiger partial charge in [-0.15, -0.1) is 0 Å². The van der Waals surface area contributed by atoms with Crippen LogP contribution < -0.4 is 5.32 Å². The summed E-state index contributed by atoms with van der Waals surface area (Å²) in [7, 11) is 0. The Labute approximate surface area is 87.3 Å². The fourth-order valence-electron chi connectivity index (χ4n) is 1.14. The van der Waals surface area contributed by atoms with E-state index in [1.54, 1.807) is 0 Å². The number of carbonyl (C=O) groups is 2. The van der Waals surface area contributed by atoms with Crippen molar-refractivity contribution in [2.24, 2.45) is 5.10 Å². The summed E-state index contributed by atoms with van der Waals surface area (Å²) in [5, 5.41) is 16.2. The van der Waals surface area contributed by atoms with Crippen LogP contribution in [0.1, 0.15) is 20.8 Å². The van der Waals surface area contributed by atoms with Crippen LogP contribution in [0.4, 0.5) is 0 Å². The van der Waals surface area contributed by atoms with Crippen molar-refractivity contribution >= 4 is 17.6 Å². The predicted molar refractivity (Wildman–Crippen MR) is 53.9 cm³/mol. The largest absolute Gasteiger partial charge is 0.476 e. The van der Waals surface area contributed by atoms with Gasteiger partial charge in [-0.3, -0.25) is 4.79 Å². The number of hydrogen-bond donors (Lipinski definition) is 2. The number of hydrazone groups is 1. The van der Waals surface area contributed by atoms with E-state index in [9.17, 15) is 9.59 Å². The molecule has 0 saturated carbocycles. The Kier molecular flexibility index (Phi) is 2.53. The summed E-state index contributed by atoms with van der Waals surface area (Å²) in [5.41, 5.74) is -0.969. The van der Waals surface area contributed by atoms with Crippen LogP contribution in [0.2, 0.25) is 0 Å². The van der Waals surface area contributed by atoms with Crippen LogP contribution in [-0.2, 0) is 9.59 Å². The molecule has 2 N–H and O–H groups in total. The van der Waals surface area contributed by atoms with Crippen molar-refractivity contribution in [1.82, 2.24) is 10.3 Å². The van der Waals surface area contributed by atoms with Gasteiger partial charge in [0.25, 0.3) is 5.91 Å². The molecule has 6 heteroatoms. The minimum absolute atomic E-state index is 0.275. The standard InChI is InChI=1S/C9H13N3O3/c1-5-10-7(13)6(8(14)15)11-12(5)9(2,3)4/h1H2,2-4H3,(H,10,13)(H,14,15). The highest BCUT2D eigenvalue weighted by Crippen LogP contribution is 2.20. The van der Waals surface area contributed by atoms with Gasteiger partial charge in [0.05, 0.1) is 5.54 Å². The lowest BCUT2D eigenvalue weighted by Crippen LogP contribution is -2.50. The first kappa shape index (κ1) is 11.2. The summed E-state index contributed by atoms with van der Waals surface area (Å²) in [6, 6.07) is 0. The monoisotopic (exact) mass is 211 g/mol. The molecule has 0 spiro atoms. The van der Waals surface area contributed by atoms with Crippen molar-refractivity contribution in [2.75, 3.05) is 0 Å². The number of nitrogens with zero attached hydrogens (tertiary/aromatic N) is 2. The summed E-state index contributed by atoms with van der Waals surface area (Å²) in [5.74, 6) is -1.82. The number of rotatable bonds is 1. The van der Waals surface area contributed by atoms with E-state index in [1.165, 1.54) is 5.01 Å². The van der Waals surface area contributed by atoms with E-state index in [1.807, 2.05) is 20.8 Å². The first-order chi connectivity index (χ1) is 6.73. The third-order valence-electron chi connectivity index (χ3n) is 1.77. The first-order valence-corrected chi connectivity index (χ1v) is 4.36. The first-order valence-electron chi connectivity index (χ1n) is 4.36. The van der Waals surface area contributed by atoms with Crippen LogP contribution >= 0.6 is 0 Å². The molecule has 82 valence electrons. The number of nitrogens with one attached hydrogen (secondary N) is 1. The van der Waals surface area contributed by atoms with E-state index in [-0.39, 0.29) is 5.82 Å². The van der Waals surface area contributed by atoms with Gasteiger partial charge in [-0.2, -0.15) is 5.10 Å². The minimum atomic E-state index is -1.35. The molecule has 1 amide bonds. The molecule has 6 nitrogen and oxygen atoms in total. The minimum Gasteiger partial charge on any atom is -0.476 e. The van der Waals surface area contributed by atoms with E-state index in [2.05, 4.69) is 17.0 Å². The lowest BCUT2D eigenvalue weighted by Gasteiger charge is -2.36. The average molecular weight is 211 g/mol. The number of carbonyl (C=O) groups excluding carboxylic acids is 1. The van der Waals surface area contributed by atoms with E-state index < -0.39 is 23.1 Å². The molecule has 1 heterocycles. The van der Waals surface area contributed by atoms with Crippen molar-refractivity contribution < 1.29 is 14.7 Å². The molecule has 1 aliphatic heterocycles. The van der Waals surface area contributed by atoms with Gasteiger partial charge in [-0.25, -0.2) is 9.80 Å². The molecule has 0 aliphatic carbocycles. The zero-order chi connectivity index (χ0) is 11.8. The molecule has 0 unspecified atom stereocenters. The van der Waals surface area contributed by atoms with Gasteiger partial charge in [0.15, 0.2) is 0 Å². The molecule has 0 fully saturated rings. The van der Waals surface area contributed by atoms with Crippen LogP contribution in [0, 0.1) is 0 Å². The highest BCUT2D eigenvalue weighted by Gasteiger charge is 2.33. The van der Waals surface area contributed by atoms with Gasteiger partial charge in [0, 0.05) is 0 Å². The third-order valence-corrected chi connectivity index (χ3v) is 1.77. The Morgan fingerprint density at radius 2 is 2.07 bits per heavy atom. The SMILES string of the molecule is C=C1NC(=O)C(C(=O)O)=NN1C(C)(C)C. The van der Waals surface area contributed by atoms with Crippen molar-refractivity contribution in [1.29, 1.82) is 0 Å². The Morgan fingerprint density at radius 3 is 2.47 bits per heavy atom. The number of hydrogen-bond acceptors (Lipinski definition) is 4. The number of carboxylic acid groups (broad SMARTS) is 1. The Bertz CT molecular complexity index is 365. The fourth-order valence-corrected chi connectivity index (χ4v) is 1.14. The van der Waals surface area contributed by atoms with Crippen LogP contribution in [0.15, 0.2) is 17.5 Å². The molecule has 15 heavy (non-hydrogen) atoms. The zero-order valence-electron chi connectivity index (χ0n) is 8.87. The van der Waals surface area contributed by atoms with E-state index in [4.69, 9.17) is 5.11 Å². The van der Waals surface area contributed by atoms with Crippen LogP contribution in [0.5, 0.6) is 0 Å². The molecule has 0 atom stereocenters. The second-order valence-corrected chi connectivity index (χ2v) is 4.14. The summed E-state index contributed by atoms with van der Waals surface area (Å²) < 4.78 is 0. The Morgan fingerprint density at radius 1 is 1.53 bits per heavy atom. The molecule has 0 radical (unpaired) electrons. The molecule has 0 aromatic carbocycles. The predicted octanol–water partition coefficient (Wildman–Crippen LogP) is 0.128. The summed E-state index contributed by atoms with van der Waals surface area (Å²) in [6.45, 7) is 9.10. The lowest BCUT2D eigenvalue weighted by molar-refractivity contribution is -0.130.